The van der Waals surface area contributed by atoms with Gasteiger partial charge in [-0.05, 0) is 43.4 Å². The van der Waals surface area contributed by atoms with E-state index in [1.165, 1.54) is 32.1 Å². The van der Waals surface area contributed by atoms with Crippen molar-refractivity contribution in [3.05, 3.63) is 29.8 Å². The molecule has 1 fully saturated rings. The second kappa shape index (κ2) is 6.89. The molecule has 0 heterocycles. The van der Waals surface area contributed by atoms with Crippen molar-refractivity contribution < 1.29 is 9.09 Å². The van der Waals surface area contributed by atoms with E-state index in [1.54, 1.807) is 6.66 Å². The maximum Gasteiger partial charge on any atom is 0.229 e. The van der Waals surface area contributed by atoms with Gasteiger partial charge in [-0.3, -0.25) is 4.57 Å². The van der Waals surface area contributed by atoms with Gasteiger partial charge in [0.2, 0.25) is 7.37 Å². The molecule has 1 aromatic carbocycles. The number of nitrogens with two attached hydrogens (primary N) is 1. The average Bonchev–Trinajstić information content (AvgIpc) is 2.47. The molecule has 2 N–H and O–H groups in total. The molecule has 2 rings (SSSR count). The lowest BCUT2D eigenvalue weighted by Gasteiger charge is -2.28. The van der Waals surface area contributed by atoms with Crippen molar-refractivity contribution in [2.75, 3.05) is 13.3 Å². The number of benzene rings is 1. The lowest BCUT2D eigenvalue weighted by atomic mass is 9.81. The Hall–Kier alpha value is -0.630. The molecule has 0 amide bonds. The van der Waals surface area contributed by atoms with Crippen molar-refractivity contribution in [3.8, 4) is 0 Å². The molecule has 1 saturated carbocycles. The highest BCUT2D eigenvalue weighted by molar-refractivity contribution is 7.66. The Bertz CT molecular complexity index is 466. The predicted octanol–water partition coefficient (Wildman–Crippen LogP) is 3.84. The number of hydrogen-bond donors (Lipinski definition) is 1. The van der Waals surface area contributed by atoms with E-state index in [9.17, 15) is 4.57 Å². The zero-order chi connectivity index (χ0) is 14.6. The molecule has 0 saturated heterocycles. The minimum Gasteiger partial charge on any atom is -0.326 e. The summed E-state index contributed by atoms with van der Waals surface area (Å²) in [7, 11) is -2.67. The zero-order valence-corrected chi connectivity index (χ0v) is 13.4. The molecule has 1 aliphatic rings. The minimum atomic E-state index is -2.67. The Morgan fingerprint density at radius 2 is 1.85 bits per heavy atom. The second-order valence-corrected chi connectivity index (χ2v) is 8.25. The summed E-state index contributed by atoms with van der Waals surface area (Å²) in [5.41, 5.74) is 7.54. The normalized spacial score (nSPS) is 21.4. The average molecular weight is 295 g/mol. The highest BCUT2D eigenvalue weighted by Gasteiger charge is 2.23. The van der Waals surface area contributed by atoms with Crippen LogP contribution in [0.4, 0.5) is 0 Å². The van der Waals surface area contributed by atoms with Crippen LogP contribution in [0.5, 0.6) is 0 Å². The van der Waals surface area contributed by atoms with E-state index < -0.39 is 7.37 Å². The smallest absolute Gasteiger partial charge is 0.229 e. The Morgan fingerprint density at radius 3 is 2.40 bits per heavy atom. The molecule has 1 aromatic rings. The van der Waals surface area contributed by atoms with Crippen molar-refractivity contribution in [1.29, 1.82) is 0 Å². The van der Waals surface area contributed by atoms with Crippen molar-refractivity contribution in [1.82, 2.24) is 0 Å². The fourth-order valence-corrected chi connectivity index (χ4v) is 4.39. The van der Waals surface area contributed by atoms with Gasteiger partial charge >= 0.3 is 0 Å². The van der Waals surface area contributed by atoms with Crippen LogP contribution in [0.2, 0.25) is 0 Å². The molecule has 112 valence electrons. The van der Waals surface area contributed by atoms with Gasteiger partial charge in [-0.15, -0.1) is 0 Å². The van der Waals surface area contributed by atoms with Gasteiger partial charge in [0.1, 0.15) is 0 Å². The number of hydrogen-bond acceptors (Lipinski definition) is 3. The first-order valence-corrected chi connectivity index (χ1v) is 9.70. The van der Waals surface area contributed by atoms with Crippen LogP contribution in [0.15, 0.2) is 24.3 Å². The molecule has 1 aliphatic carbocycles. The van der Waals surface area contributed by atoms with Gasteiger partial charge in [0.15, 0.2) is 0 Å². The highest BCUT2D eigenvalue weighted by atomic mass is 31.2. The Balaban J connectivity index is 2.09. The summed E-state index contributed by atoms with van der Waals surface area (Å²) in [5, 5.41) is 0.777. The summed E-state index contributed by atoms with van der Waals surface area (Å²) in [6, 6.07) is 7.96. The van der Waals surface area contributed by atoms with Crippen LogP contribution in [-0.4, -0.2) is 13.3 Å². The molecule has 0 spiro atoms. The first-order valence-electron chi connectivity index (χ1n) is 7.62. The molecule has 0 aromatic heterocycles. The van der Waals surface area contributed by atoms with Crippen LogP contribution >= 0.6 is 7.37 Å². The first kappa shape index (κ1) is 15.8. The molecular formula is C16H26NO2P. The molecule has 2 atom stereocenters. The van der Waals surface area contributed by atoms with E-state index in [0.717, 1.165) is 10.9 Å². The fourth-order valence-electron chi connectivity index (χ4n) is 3.05. The summed E-state index contributed by atoms with van der Waals surface area (Å²) in [5.74, 6) is 0.593. The molecule has 20 heavy (non-hydrogen) atoms. The zero-order valence-electron chi connectivity index (χ0n) is 12.5. The van der Waals surface area contributed by atoms with Crippen LogP contribution in [0.3, 0.4) is 0 Å². The van der Waals surface area contributed by atoms with Gasteiger partial charge in [0.25, 0.3) is 0 Å². The highest BCUT2D eigenvalue weighted by Crippen LogP contribution is 2.41. The lowest BCUT2D eigenvalue weighted by molar-refractivity contribution is 0.308. The largest absolute Gasteiger partial charge is 0.326 e. The summed E-state index contributed by atoms with van der Waals surface area (Å²) in [6.07, 6.45) is 6.40. The third kappa shape index (κ3) is 3.72. The summed E-state index contributed by atoms with van der Waals surface area (Å²) in [4.78, 5) is 0. The van der Waals surface area contributed by atoms with Gasteiger partial charge in [0.05, 0.1) is 6.61 Å². The van der Waals surface area contributed by atoms with E-state index in [4.69, 9.17) is 10.3 Å². The quantitative estimate of drug-likeness (QED) is 0.840. The first-order chi connectivity index (χ1) is 9.54. The van der Waals surface area contributed by atoms with Crippen LogP contribution in [-0.2, 0) is 9.09 Å². The lowest BCUT2D eigenvalue weighted by Crippen LogP contribution is -2.23. The van der Waals surface area contributed by atoms with Crippen LogP contribution in [0.25, 0.3) is 0 Å². The van der Waals surface area contributed by atoms with E-state index in [2.05, 4.69) is 0 Å². The van der Waals surface area contributed by atoms with Gasteiger partial charge in [-0.25, -0.2) is 0 Å². The van der Waals surface area contributed by atoms with Crippen molar-refractivity contribution in [2.24, 2.45) is 11.7 Å². The van der Waals surface area contributed by atoms with E-state index in [0.29, 0.717) is 12.5 Å². The van der Waals surface area contributed by atoms with E-state index in [1.807, 2.05) is 31.2 Å². The standard InChI is InChI=1S/C16H26NO2P/c1-3-19-20(2,18)15-11-9-14(10-12-15)16(17)13-7-5-4-6-8-13/h9-13,16H,3-8,17H2,1-2H3/t16-,20?/m0/s1. The third-order valence-corrected chi connectivity index (χ3v) is 6.27. The van der Waals surface area contributed by atoms with E-state index >= 15 is 0 Å². The Labute approximate surface area is 122 Å². The topological polar surface area (TPSA) is 52.3 Å². The minimum absolute atomic E-state index is 0.104. The maximum absolute atomic E-state index is 12.3. The Morgan fingerprint density at radius 1 is 1.25 bits per heavy atom. The molecule has 0 bridgehead atoms. The summed E-state index contributed by atoms with van der Waals surface area (Å²) >= 11 is 0. The van der Waals surface area contributed by atoms with Gasteiger partial charge in [0, 0.05) is 18.0 Å². The SMILES string of the molecule is CCOP(C)(=O)c1ccc([C@@H](N)C2CCCCC2)cc1. The van der Waals surface area contributed by atoms with Gasteiger partial charge < -0.3 is 10.3 Å². The molecule has 0 aliphatic heterocycles. The van der Waals surface area contributed by atoms with Crippen LogP contribution in [0.1, 0.15) is 50.6 Å². The van der Waals surface area contributed by atoms with Crippen molar-refractivity contribution >= 4 is 12.7 Å². The van der Waals surface area contributed by atoms with Gasteiger partial charge in [-0.1, -0.05) is 31.4 Å². The molecule has 4 heteroatoms. The summed E-state index contributed by atoms with van der Waals surface area (Å²) < 4.78 is 17.7. The predicted molar refractivity (Wildman–Crippen MR) is 84.7 cm³/mol. The molecule has 1 unspecified atom stereocenters. The van der Waals surface area contributed by atoms with Crippen LogP contribution in [0, 0.1) is 5.92 Å². The molecular weight excluding hydrogens is 269 g/mol. The van der Waals surface area contributed by atoms with Gasteiger partial charge in [-0.2, -0.15) is 0 Å². The summed E-state index contributed by atoms with van der Waals surface area (Å²) in [6.45, 7) is 4.01. The van der Waals surface area contributed by atoms with E-state index in [-0.39, 0.29) is 6.04 Å². The fraction of sp³-hybridized carbons (Fsp3) is 0.625. The monoisotopic (exact) mass is 295 g/mol. The third-order valence-electron chi connectivity index (χ3n) is 4.28. The number of rotatable bonds is 5. The van der Waals surface area contributed by atoms with Crippen molar-refractivity contribution in [2.45, 2.75) is 45.1 Å². The maximum atomic E-state index is 12.3. The molecule has 3 nitrogen and oxygen atoms in total. The molecule has 0 radical (unpaired) electrons. The second-order valence-electron chi connectivity index (χ2n) is 5.78. The van der Waals surface area contributed by atoms with Crippen LogP contribution < -0.4 is 11.0 Å². The Kier molecular flexibility index (Phi) is 5.42. The van der Waals surface area contributed by atoms with Crippen molar-refractivity contribution in [3.63, 3.8) is 0 Å².